The van der Waals surface area contributed by atoms with E-state index >= 15 is 0 Å². The average molecular weight is 201 g/mol. The summed E-state index contributed by atoms with van der Waals surface area (Å²) < 4.78 is 0. The van der Waals surface area contributed by atoms with Crippen LogP contribution in [-0.4, -0.2) is 23.6 Å². The first-order valence-electron chi connectivity index (χ1n) is 5.64. The second-order valence-electron chi connectivity index (χ2n) is 4.02. The Bertz CT molecular complexity index is 132. The Kier molecular flexibility index (Phi) is 5.18. The molecular formula is C11H23NS. The van der Waals surface area contributed by atoms with Gasteiger partial charge in [0.05, 0.1) is 0 Å². The Morgan fingerprint density at radius 1 is 1.46 bits per heavy atom. The van der Waals surface area contributed by atoms with Crippen molar-refractivity contribution in [1.29, 1.82) is 0 Å². The zero-order valence-corrected chi connectivity index (χ0v) is 9.99. The van der Waals surface area contributed by atoms with Gasteiger partial charge in [-0.05, 0) is 31.1 Å². The Morgan fingerprint density at radius 2 is 2.23 bits per heavy atom. The molecule has 1 saturated heterocycles. The van der Waals surface area contributed by atoms with Gasteiger partial charge in [-0.1, -0.05) is 27.2 Å². The highest BCUT2D eigenvalue weighted by Gasteiger charge is 2.28. The number of nitrogens with one attached hydrogen (secondary N) is 1. The molecule has 0 aromatic heterocycles. The van der Waals surface area contributed by atoms with E-state index in [0.717, 1.165) is 23.8 Å². The van der Waals surface area contributed by atoms with Gasteiger partial charge in [0, 0.05) is 11.3 Å². The van der Waals surface area contributed by atoms with Crippen molar-refractivity contribution in [3.05, 3.63) is 0 Å². The van der Waals surface area contributed by atoms with Gasteiger partial charge in [0.2, 0.25) is 0 Å². The molecule has 0 spiro atoms. The van der Waals surface area contributed by atoms with Crippen LogP contribution in [0.4, 0.5) is 0 Å². The summed E-state index contributed by atoms with van der Waals surface area (Å²) in [6.07, 6.45) is 4.15. The van der Waals surface area contributed by atoms with Gasteiger partial charge in [-0.25, -0.2) is 0 Å². The lowest BCUT2D eigenvalue weighted by Gasteiger charge is -2.28. The van der Waals surface area contributed by atoms with Crippen LogP contribution in [0.5, 0.6) is 0 Å². The van der Waals surface area contributed by atoms with E-state index in [0.29, 0.717) is 0 Å². The molecule has 1 aliphatic heterocycles. The number of thioether (sulfide) groups is 1. The molecule has 2 heteroatoms. The maximum atomic E-state index is 3.65. The van der Waals surface area contributed by atoms with Gasteiger partial charge in [-0.15, -0.1) is 0 Å². The average Bonchev–Trinajstić information content (AvgIpc) is 2.65. The largest absolute Gasteiger partial charge is 0.313 e. The predicted molar refractivity (Wildman–Crippen MR) is 62.4 cm³/mol. The molecule has 0 aliphatic carbocycles. The smallest absolute Gasteiger partial charge is 0.0211 e. The monoisotopic (exact) mass is 201 g/mol. The molecule has 1 fully saturated rings. The summed E-state index contributed by atoms with van der Waals surface area (Å²) in [6, 6.07) is 0.752. The third-order valence-corrected chi connectivity index (χ3v) is 4.54. The van der Waals surface area contributed by atoms with Crippen molar-refractivity contribution in [2.75, 3.05) is 12.3 Å². The zero-order chi connectivity index (χ0) is 9.68. The second kappa shape index (κ2) is 5.92. The molecule has 13 heavy (non-hydrogen) atoms. The van der Waals surface area contributed by atoms with Crippen LogP contribution in [-0.2, 0) is 0 Å². The van der Waals surface area contributed by atoms with Crippen molar-refractivity contribution in [3.63, 3.8) is 0 Å². The highest BCUT2D eigenvalue weighted by molar-refractivity contribution is 8.00. The molecule has 0 amide bonds. The van der Waals surface area contributed by atoms with E-state index in [9.17, 15) is 0 Å². The summed E-state index contributed by atoms with van der Waals surface area (Å²) in [5, 5.41) is 4.54. The van der Waals surface area contributed by atoms with Gasteiger partial charge < -0.3 is 5.32 Å². The van der Waals surface area contributed by atoms with E-state index in [4.69, 9.17) is 0 Å². The lowest BCUT2D eigenvalue weighted by atomic mass is 9.94. The molecule has 1 rings (SSSR count). The van der Waals surface area contributed by atoms with Crippen molar-refractivity contribution in [3.8, 4) is 0 Å². The van der Waals surface area contributed by atoms with Crippen LogP contribution >= 0.6 is 11.8 Å². The summed E-state index contributed by atoms with van der Waals surface area (Å²) in [6.45, 7) is 8.02. The van der Waals surface area contributed by atoms with Crippen LogP contribution in [0.25, 0.3) is 0 Å². The van der Waals surface area contributed by atoms with E-state index in [1.54, 1.807) is 0 Å². The Hall–Kier alpha value is 0.310. The molecule has 3 unspecified atom stereocenters. The standard InChI is InChI=1S/C11H23NS/c1-4-9(3)11(12-5-2)10-7-6-8-13-10/h9-12H,4-8H2,1-3H3. The Labute approximate surface area is 87.1 Å². The zero-order valence-electron chi connectivity index (χ0n) is 9.18. The van der Waals surface area contributed by atoms with Crippen LogP contribution in [0.2, 0.25) is 0 Å². The highest BCUT2D eigenvalue weighted by atomic mass is 32.2. The summed E-state index contributed by atoms with van der Waals surface area (Å²) >= 11 is 2.17. The van der Waals surface area contributed by atoms with E-state index in [1.165, 1.54) is 25.0 Å². The minimum Gasteiger partial charge on any atom is -0.313 e. The molecule has 78 valence electrons. The van der Waals surface area contributed by atoms with Crippen LogP contribution in [0, 0.1) is 5.92 Å². The lowest BCUT2D eigenvalue weighted by Crippen LogP contribution is -2.42. The fourth-order valence-electron chi connectivity index (χ4n) is 2.07. The van der Waals surface area contributed by atoms with Crippen molar-refractivity contribution in [1.82, 2.24) is 5.32 Å². The number of hydrogen-bond acceptors (Lipinski definition) is 2. The minimum atomic E-state index is 0.752. The molecule has 1 nitrogen and oxygen atoms in total. The van der Waals surface area contributed by atoms with Gasteiger partial charge >= 0.3 is 0 Å². The highest BCUT2D eigenvalue weighted by Crippen LogP contribution is 2.32. The van der Waals surface area contributed by atoms with Crippen LogP contribution in [0.15, 0.2) is 0 Å². The molecule has 0 radical (unpaired) electrons. The first kappa shape index (κ1) is 11.4. The SMILES string of the molecule is CCNC(C(C)CC)C1CCCS1. The van der Waals surface area contributed by atoms with E-state index in [2.05, 4.69) is 37.8 Å². The molecule has 0 bridgehead atoms. The van der Waals surface area contributed by atoms with Crippen LogP contribution in [0.1, 0.15) is 40.0 Å². The van der Waals surface area contributed by atoms with Gasteiger partial charge in [0.25, 0.3) is 0 Å². The minimum absolute atomic E-state index is 0.752. The molecule has 3 atom stereocenters. The first-order valence-corrected chi connectivity index (χ1v) is 6.69. The van der Waals surface area contributed by atoms with E-state index < -0.39 is 0 Å². The van der Waals surface area contributed by atoms with Gasteiger partial charge in [-0.2, -0.15) is 11.8 Å². The number of hydrogen-bond donors (Lipinski definition) is 1. The van der Waals surface area contributed by atoms with Crippen molar-refractivity contribution >= 4 is 11.8 Å². The summed E-state index contributed by atoms with van der Waals surface area (Å²) in [7, 11) is 0. The molecule has 0 aromatic rings. The summed E-state index contributed by atoms with van der Waals surface area (Å²) in [4.78, 5) is 0. The topological polar surface area (TPSA) is 12.0 Å². The third kappa shape index (κ3) is 3.17. The van der Waals surface area contributed by atoms with Crippen molar-refractivity contribution in [2.24, 2.45) is 5.92 Å². The maximum absolute atomic E-state index is 3.65. The van der Waals surface area contributed by atoms with Gasteiger partial charge in [0.15, 0.2) is 0 Å². The molecule has 0 saturated carbocycles. The second-order valence-corrected chi connectivity index (χ2v) is 5.37. The van der Waals surface area contributed by atoms with Crippen LogP contribution < -0.4 is 5.32 Å². The molecule has 1 heterocycles. The van der Waals surface area contributed by atoms with Crippen molar-refractivity contribution in [2.45, 2.75) is 51.3 Å². The fraction of sp³-hybridized carbons (Fsp3) is 1.00. The quantitative estimate of drug-likeness (QED) is 0.734. The third-order valence-electron chi connectivity index (χ3n) is 3.06. The lowest BCUT2D eigenvalue weighted by molar-refractivity contribution is 0.359. The van der Waals surface area contributed by atoms with Crippen molar-refractivity contribution < 1.29 is 0 Å². The Morgan fingerprint density at radius 3 is 2.69 bits per heavy atom. The predicted octanol–water partition coefficient (Wildman–Crippen LogP) is 2.91. The van der Waals surface area contributed by atoms with E-state index in [1.807, 2.05) is 0 Å². The van der Waals surface area contributed by atoms with Gasteiger partial charge in [-0.3, -0.25) is 0 Å². The summed E-state index contributed by atoms with van der Waals surface area (Å²) in [5.41, 5.74) is 0. The van der Waals surface area contributed by atoms with Gasteiger partial charge in [0.1, 0.15) is 0 Å². The van der Waals surface area contributed by atoms with E-state index in [-0.39, 0.29) is 0 Å². The number of rotatable bonds is 5. The maximum Gasteiger partial charge on any atom is 0.0211 e. The van der Waals surface area contributed by atoms with Crippen LogP contribution in [0.3, 0.4) is 0 Å². The summed E-state index contributed by atoms with van der Waals surface area (Å²) in [5.74, 6) is 2.21. The molecular weight excluding hydrogens is 178 g/mol. The Balaban J connectivity index is 2.44. The first-order chi connectivity index (χ1) is 6.29. The molecule has 0 aromatic carbocycles. The normalized spacial score (nSPS) is 27.5. The molecule has 1 N–H and O–H groups in total. The molecule has 1 aliphatic rings. The fourth-order valence-corrected chi connectivity index (χ4v) is 3.62.